The highest BCUT2D eigenvalue weighted by Crippen LogP contribution is 2.24. The van der Waals surface area contributed by atoms with Gasteiger partial charge in [-0.3, -0.25) is 57.7 Å². The third-order valence-corrected chi connectivity index (χ3v) is 15.6. The van der Waals surface area contributed by atoms with Gasteiger partial charge in [0.1, 0.15) is 54.4 Å². The van der Waals surface area contributed by atoms with Crippen molar-refractivity contribution < 1.29 is 52.7 Å². The second kappa shape index (κ2) is 31.9. The minimum absolute atomic E-state index is 0.00835. The predicted molar refractivity (Wildman–Crippen MR) is 316 cm³/mol. The van der Waals surface area contributed by atoms with Crippen LogP contribution < -0.4 is 59.7 Å². The summed E-state index contributed by atoms with van der Waals surface area (Å²) in [7, 11) is 0. The van der Waals surface area contributed by atoms with Gasteiger partial charge in [0.15, 0.2) is 5.96 Å². The van der Waals surface area contributed by atoms with E-state index in [1.165, 1.54) is 16.7 Å². The molecule has 85 heavy (non-hydrogen) atoms. The molecule has 0 spiro atoms. The average molecular weight is 1180 g/mol. The second-order valence-electron chi connectivity index (χ2n) is 22.5. The number of aromatic amines is 1. The minimum atomic E-state index is -1.51. The highest BCUT2D eigenvalue weighted by atomic mass is 16.2. The zero-order chi connectivity index (χ0) is 61.7. The third kappa shape index (κ3) is 19.0. The lowest BCUT2D eigenvalue weighted by Crippen LogP contribution is -2.61. The van der Waals surface area contributed by atoms with Crippen molar-refractivity contribution in [1.29, 1.82) is 0 Å². The number of hydrogen-bond donors (Lipinski definition) is 12. The first-order valence-corrected chi connectivity index (χ1v) is 29.6. The predicted octanol–water partition coefficient (Wildman–Crippen LogP) is -0.576. The highest BCUT2D eigenvalue weighted by Gasteiger charge is 2.43. The van der Waals surface area contributed by atoms with Crippen molar-refractivity contribution in [3.05, 3.63) is 71.9 Å². The van der Waals surface area contributed by atoms with Gasteiger partial charge in [-0.1, -0.05) is 82.1 Å². The van der Waals surface area contributed by atoms with Crippen molar-refractivity contribution in [3.8, 4) is 0 Å². The molecule has 1 aromatic heterocycles. The van der Waals surface area contributed by atoms with Crippen molar-refractivity contribution in [2.75, 3.05) is 26.2 Å². The first-order valence-electron chi connectivity index (χ1n) is 29.6. The zero-order valence-electron chi connectivity index (χ0n) is 49.0. The molecule has 0 saturated carbocycles. The van der Waals surface area contributed by atoms with Crippen LogP contribution in [-0.4, -0.2) is 166 Å². The molecule has 11 amide bonds. The van der Waals surface area contributed by atoms with Crippen molar-refractivity contribution >= 4 is 81.8 Å². The molecule has 26 heteroatoms. The molecule has 0 aliphatic carbocycles. The van der Waals surface area contributed by atoms with E-state index < -0.39 is 126 Å². The van der Waals surface area contributed by atoms with Gasteiger partial charge in [-0.2, -0.15) is 0 Å². The van der Waals surface area contributed by atoms with Crippen molar-refractivity contribution in [3.63, 3.8) is 0 Å². The van der Waals surface area contributed by atoms with E-state index in [1.807, 2.05) is 31.2 Å². The van der Waals surface area contributed by atoms with E-state index in [-0.39, 0.29) is 102 Å². The summed E-state index contributed by atoms with van der Waals surface area (Å²) in [5, 5.41) is 23.0. The quantitative estimate of drug-likeness (QED) is 0.0407. The standard InChI is InChI=1S/C59H85N15O11/c1-5-6-20-40(66-35(4)75)51(78)71-45-32-48(76)63-26-13-12-22-42(57(84)73-28-16-25-47(73)56(83)72-49(34(2)3)50(60)77)68-54(81)44(31-37-33-65-39-21-11-10-19-38(37)39)69-52(79)41(23-14-27-64-59(61)62)67-53(80)43(30-36-17-8-7-9-18-36)70-55(82)46-24-15-29-74(46)58(45)85/h7-11,17-19,21,33-34,40-47,49,65H,5-6,12-16,20,22-32H2,1-4H3,(H2,60,77)(H,63,76)(H,66,75)(H,67,80)(H,68,81)(H,69,79)(H,70,82)(H,71,78)(H,72,83)(H4,61,62,64). The molecule has 15 N–H and O–H groups in total. The Morgan fingerprint density at radius 3 is 2.12 bits per heavy atom. The van der Waals surface area contributed by atoms with Gasteiger partial charge in [0.25, 0.3) is 0 Å². The number of likely N-dealkylation sites (tertiary alicyclic amines) is 1. The van der Waals surface area contributed by atoms with Gasteiger partial charge in [0.2, 0.25) is 65.0 Å². The highest BCUT2D eigenvalue weighted by molar-refractivity contribution is 6.00. The molecule has 0 radical (unpaired) electrons. The van der Waals surface area contributed by atoms with Crippen LogP contribution in [-0.2, 0) is 65.6 Å². The van der Waals surface area contributed by atoms with E-state index in [2.05, 4.69) is 52.5 Å². The number of guanidine groups is 1. The molecule has 0 bridgehead atoms. The molecule has 26 nitrogen and oxygen atoms in total. The normalized spacial score (nSPS) is 23.0. The average Bonchev–Trinajstić information content (AvgIpc) is 4.35. The topological polar surface area (TPSA) is 397 Å². The van der Waals surface area contributed by atoms with Crippen LogP contribution in [0, 0.1) is 5.92 Å². The molecular formula is C59H85N15O11. The Morgan fingerprint density at radius 1 is 0.741 bits per heavy atom. The van der Waals surface area contributed by atoms with Crippen LogP contribution in [0.1, 0.15) is 122 Å². The van der Waals surface area contributed by atoms with E-state index in [0.717, 1.165) is 10.9 Å². The number of primary amides is 1. The van der Waals surface area contributed by atoms with E-state index in [0.29, 0.717) is 36.8 Å². The molecule has 3 fully saturated rings. The monoisotopic (exact) mass is 1180 g/mol. The molecular weight excluding hydrogens is 1090 g/mol. The van der Waals surface area contributed by atoms with Crippen LogP contribution in [0.5, 0.6) is 0 Å². The van der Waals surface area contributed by atoms with Gasteiger partial charge >= 0.3 is 0 Å². The fourth-order valence-electron chi connectivity index (χ4n) is 11.1. The summed E-state index contributed by atoms with van der Waals surface area (Å²) in [6.07, 6.45) is 4.08. The lowest BCUT2D eigenvalue weighted by Gasteiger charge is -2.31. The van der Waals surface area contributed by atoms with E-state index in [9.17, 15) is 47.9 Å². The van der Waals surface area contributed by atoms with Crippen molar-refractivity contribution in [1.82, 2.24) is 57.3 Å². The van der Waals surface area contributed by atoms with Crippen LogP contribution >= 0.6 is 0 Å². The first-order chi connectivity index (χ1) is 40.6. The molecule has 3 aromatic rings. The minimum Gasteiger partial charge on any atom is -0.370 e. The first kappa shape index (κ1) is 65.6. The fraction of sp³-hybridized carbons (Fsp3) is 0.559. The Kier molecular flexibility index (Phi) is 24.6. The lowest BCUT2D eigenvalue weighted by atomic mass is 10.0. The number of nitrogens with two attached hydrogens (primary N) is 3. The summed E-state index contributed by atoms with van der Waals surface area (Å²) in [5.41, 5.74) is 18.9. The molecule has 9 unspecified atom stereocenters. The smallest absolute Gasteiger partial charge is 0.246 e. The van der Waals surface area contributed by atoms with Crippen molar-refractivity contribution in [2.24, 2.45) is 28.1 Å². The number of hydrogen-bond acceptors (Lipinski definition) is 12. The molecule has 462 valence electrons. The third-order valence-electron chi connectivity index (χ3n) is 15.6. The number of fused-ring (bicyclic) bond motifs is 2. The van der Waals surface area contributed by atoms with Gasteiger partial charge in [-0.05, 0) is 87.3 Å². The van der Waals surface area contributed by atoms with Crippen molar-refractivity contribution in [2.45, 2.75) is 178 Å². The summed E-state index contributed by atoms with van der Waals surface area (Å²) in [5.74, 6) is -8.25. The Labute approximate surface area is 494 Å². The summed E-state index contributed by atoms with van der Waals surface area (Å²) in [6.45, 7) is 6.84. The number of nitrogens with zero attached hydrogens (tertiary/aromatic N) is 3. The molecule has 4 heterocycles. The summed E-state index contributed by atoms with van der Waals surface area (Å²) < 4.78 is 0. The van der Waals surface area contributed by atoms with E-state index >= 15 is 4.79 Å². The van der Waals surface area contributed by atoms with E-state index in [1.54, 1.807) is 50.4 Å². The maximum absolute atomic E-state index is 15.1. The molecule has 9 atom stereocenters. The van der Waals surface area contributed by atoms with Gasteiger partial charge in [0.05, 0.1) is 6.42 Å². The molecule has 6 rings (SSSR count). The van der Waals surface area contributed by atoms with Gasteiger partial charge < -0.3 is 74.5 Å². The van der Waals surface area contributed by atoms with Gasteiger partial charge in [-0.25, -0.2) is 0 Å². The summed E-state index contributed by atoms with van der Waals surface area (Å²) >= 11 is 0. The number of rotatable bonds is 19. The Balaban J connectivity index is 1.41. The van der Waals surface area contributed by atoms with Crippen LogP contribution in [0.3, 0.4) is 0 Å². The number of amides is 11. The molecule has 3 aliphatic heterocycles. The number of aromatic nitrogens is 1. The number of carbonyl (C=O) groups is 11. The number of carbonyl (C=O) groups excluding carboxylic acids is 11. The number of para-hydroxylation sites is 1. The van der Waals surface area contributed by atoms with Crippen LogP contribution in [0.15, 0.2) is 65.8 Å². The van der Waals surface area contributed by atoms with Crippen LogP contribution in [0.2, 0.25) is 0 Å². The maximum atomic E-state index is 15.1. The largest absolute Gasteiger partial charge is 0.370 e. The zero-order valence-corrected chi connectivity index (χ0v) is 49.0. The summed E-state index contributed by atoms with van der Waals surface area (Å²) in [6, 6.07) is 4.86. The Hall–Kier alpha value is -8.58. The van der Waals surface area contributed by atoms with Crippen LogP contribution in [0.4, 0.5) is 0 Å². The molecule has 2 aromatic carbocycles. The van der Waals surface area contributed by atoms with Gasteiger partial charge in [0, 0.05) is 63.0 Å². The number of benzene rings is 2. The number of unbranched alkanes of at least 4 members (excludes halogenated alkanes) is 1. The molecule has 3 saturated heterocycles. The van der Waals surface area contributed by atoms with E-state index in [4.69, 9.17) is 17.2 Å². The Morgan fingerprint density at radius 2 is 1.41 bits per heavy atom. The number of nitrogens with one attached hydrogen (secondary N) is 9. The second-order valence-corrected chi connectivity index (χ2v) is 22.5. The van der Waals surface area contributed by atoms with Crippen LogP contribution in [0.25, 0.3) is 10.9 Å². The lowest BCUT2D eigenvalue weighted by molar-refractivity contribution is -0.143. The number of H-pyrrole nitrogens is 1. The SMILES string of the molecule is CCCCC(NC(C)=O)C(=O)NC1CC(=O)NCCCCC(C(=O)N2CCCC2C(=O)NC(C(N)=O)C(C)C)NC(=O)C(Cc2c[nH]c3ccccc23)NC(=O)C(CCCN=C(N)N)NC(=O)C(Cc2ccccc2)NC(=O)C2CCCN2C1=O. The Bertz CT molecular complexity index is 2890. The maximum Gasteiger partial charge on any atom is 0.246 e. The number of aliphatic imine (C=N–C) groups is 1. The molecule has 3 aliphatic rings. The fourth-order valence-corrected chi connectivity index (χ4v) is 11.1. The van der Waals surface area contributed by atoms with Gasteiger partial charge in [-0.15, -0.1) is 0 Å². The summed E-state index contributed by atoms with van der Waals surface area (Å²) in [4.78, 5) is 166.